The molecule has 0 spiro atoms. The van der Waals surface area contributed by atoms with Crippen LogP contribution in [0.15, 0.2) is 0 Å². The van der Waals surface area contributed by atoms with E-state index in [4.69, 9.17) is 0 Å². The van der Waals surface area contributed by atoms with E-state index < -0.39 is 5.97 Å². The summed E-state index contributed by atoms with van der Waals surface area (Å²) in [5.41, 5.74) is 0. The molecule has 0 radical (unpaired) electrons. The summed E-state index contributed by atoms with van der Waals surface area (Å²) in [7, 11) is 0. The molecule has 1 N–H and O–H groups in total. The second-order valence-corrected chi connectivity index (χ2v) is 6.60. The van der Waals surface area contributed by atoms with Crippen LogP contribution in [0.3, 0.4) is 0 Å². The molecule has 1 saturated carbocycles. The lowest BCUT2D eigenvalue weighted by molar-refractivity contribution is -0.146. The third kappa shape index (κ3) is 3.48. The van der Waals surface area contributed by atoms with Gasteiger partial charge in [0.05, 0.1) is 5.92 Å². The molecule has 2 aliphatic rings. The van der Waals surface area contributed by atoms with Crippen LogP contribution in [0, 0.1) is 11.8 Å². The minimum absolute atomic E-state index is 0.151. The third-order valence-corrected chi connectivity index (χ3v) is 4.94. The lowest BCUT2D eigenvalue weighted by Gasteiger charge is -2.45. The molecule has 0 amide bonds. The monoisotopic (exact) mass is 268 g/mol. The number of rotatable bonds is 3. The molecule has 0 bridgehead atoms. The Morgan fingerprint density at radius 3 is 2.32 bits per heavy atom. The smallest absolute Gasteiger partial charge is 0.308 e. The highest BCUT2D eigenvalue weighted by Gasteiger charge is 2.38. The highest BCUT2D eigenvalue weighted by Crippen LogP contribution is 2.33. The summed E-state index contributed by atoms with van der Waals surface area (Å²) in [4.78, 5) is 16.4. The zero-order valence-corrected chi connectivity index (χ0v) is 12.5. The van der Waals surface area contributed by atoms with Crippen molar-refractivity contribution in [3.8, 4) is 0 Å². The van der Waals surface area contributed by atoms with E-state index in [2.05, 4.69) is 30.6 Å². The van der Waals surface area contributed by atoms with Crippen molar-refractivity contribution in [1.29, 1.82) is 0 Å². The first-order valence-corrected chi connectivity index (χ1v) is 7.70. The van der Waals surface area contributed by atoms with Crippen LogP contribution in [-0.4, -0.2) is 59.1 Å². The van der Waals surface area contributed by atoms with E-state index in [0.717, 1.165) is 45.4 Å². The summed E-state index contributed by atoms with van der Waals surface area (Å²) in [6.45, 7) is 10.9. The maximum Gasteiger partial charge on any atom is 0.308 e. The lowest BCUT2D eigenvalue weighted by atomic mass is 9.78. The molecular formula is C15H28N2O2. The summed E-state index contributed by atoms with van der Waals surface area (Å²) in [6, 6.07) is 0.860. The van der Waals surface area contributed by atoms with Crippen LogP contribution in [0.5, 0.6) is 0 Å². The number of hydrogen-bond acceptors (Lipinski definition) is 3. The molecule has 2 fully saturated rings. The van der Waals surface area contributed by atoms with E-state index in [1.807, 2.05) is 0 Å². The molecule has 4 heteroatoms. The van der Waals surface area contributed by atoms with Crippen molar-refractivity contribution in [2.75, 3.05) is 26.2 Å². The fourth-order valence-corrected chi connectivity index (χ4v) is 3.63. The van der Waals surface area contributed by atoms with Gasteiger partial charge in [-0.15, -0.1) is 0 Å². The Hall–Kier alpha value is -0.610. The number of carbonyl (C=O) groups is 1. The molecule has 1 heterocycles. The van der Waals surface area contributed by atoms with Crippen molar-refractivity contribution in [2.45, 2.75) is 52.1 Å². The molecule has 19 heavy (non-hydrogen) atoms. The molecule has 1 aliphatic heterocycles. The molecular weight excluding hydrogens is 240 g/mol. The van der Waals surface area contributed by atoms with E-state index in [1.165, 1.54) is 0 Å². The Morgan fingerprint density at radius 2 is 1.79 bits per heavy atom. The van der Waals surface area contributed by atoms with E-state index in [0.29, 0.717) is 12.0 Å². The van der Waals surface area contributed by atoms with Gasteiger partial charge in [-0.1, -0.05) is 6.92 Å². The van der Waals surface area contributed by atoms with E-state index in [1.54, 1.807) is 0 Å². The van der Waals surface area contributed by atoms with Crippen LogP contribution in [0.2, 0.25) is 0 Å². The highest BCUT2D eigenvalue weighted by atomic mass is 16.4. The number of carboxylic acid groups (broad SMARTS) is 1. The van der Waals surface area contributed by atoms with Gasteiger partial charge in [0.25, 0.3) is 0 Å². The molecule has 1 aliphatic carbocycles. The zero-order chi connectivity index (χ0) is 14.0. The van der Waals surface area contributed by atoms with E-state index >= 15 is 0 Å². The van der Waals surface area contributed by atoms with E-state index in [9.17, 15) is 9.90 Å². The van der Waals surface area contributed by atoms with E-state index in [-0.39, 0.29) is 12.0 Å². The predicted molar refractivity (Wildman–Crippen MR) is 76.2 cm³/mol. The van der Waals surface area contributed by atoms with Crippen LogP contribution in [0.4, 0.5) is 0 Å². The molecule has 0 aromatic rings. The van der Waals surface area contributed by atoms with Crippen molar-refractivity contribution in [3.05, 3.63) is 0 Å². The summed E-state index contributed by atoms with van der Waals surface area (Å²) in [5, 5.41) is 9.43. The van der Waals surface area contributed by atoms with Gasteiger partial charge in [0.15, 0.2) is 0 Å². The quantitative estimate of drug-likeness (QED) is 0.849. The SMILES string of the molecule is CC1CCC(C(=O)O)C(N2CCN(C(C)C)CC2)C1. The van der Waals surface area contributed by atoms with Gasteiger partial charge in [0.2, 0.25) is 0 Å². The van der Waals surface area contributed by atoms with Crippen molar-refractivity contribution in [2.24, 2.45) is 11.8 Å². The largest absolute Gasteiger partial charge is 0.481 e. The Balaban J connectivity index is 1.97. The first kappa shape index (κ1) is 14.8. The summed E-state index contributed by atoms with van der Waals surface area (Å²) >= 11 is 0. The third-order valence-electron chi connectivity index (χ3n) is 4.94. The second-order valence-electron chi connectivity index (χ2n) is 6.60. The number of piperazine rings is 1. The normalized spacial score (nSPS) is 34.6. The first-order chi connectivity index (χ1) is 8.99. The molecule has 3 unspecified atom stereocenters. The van der Waals surface area contributed by atoms with Crippen molar-refractivity contribution < 1.29 is 9.90 Å². The second kappa shape index (κ2) is 6.23. The fraction of sp³-hybridized carbons (Fsp3) is 0.933. The molecule has 0 aromatic heterocycles. The minimum Gasteiger partial charge on any atom is -0.481 e. The van der Waals surface area contributed by atoms with Gasteiger partial charge in [0, 0.05) is 38.3 Å². The van der Waals surface area contributed by atoms with Crippen molar-refractivity contribution in [3.63, 3.8) is 0 Å². The van der Waals surface area contributed by atoms with Crippen LogP contribution in [0.1, 0.15) is 40.0 Å². The highest BCUT2D eigenvalue weighted by molar-refractivity contribution is 5.71. The number of nitrogens with zero attached hydrogens (tertiary/aromatic N) is 2. The van der Waals surface area contributed by atoms with Crippen molar-refractivity contribution >= 4 is 5.97 Å². The van der Waals surface area contributed by atoms with Gasteiger partial charge in [0.1, 0.15) is 0 Å². The maximum atomic E-state index is 11.4. The standard InChI is InChI=1S/C15H28N2O2/c1-11(2)16-6-8-17(9-7-16)14-10-12(3)4-5-13(14)15(18)19/h11-14H,4-10H2,1-3H3,(H,18,19). The molecule has 4 nitrogen and oxygen atoms in total. The molecule has 1 saturated heterocycles. The maximum absolute atomic E-state index is 11.4. The number of hydrogen-bond donors (Lipinski definition) is 1. The van der Waals surface area contributed by atoms with Crippen LogP contribution < -0.4 is 0 Å². The number of carboxylic acids is 1. The predicted octanol–water partition coefficient (Wildman–Crippen LogP) is 1.90. The van der Waals surface area contributed by atoms with Gasteiger partial charge < -0.3 is 5.11 Å². The van der Waals surface area contributed by atoms with Gasteiger partial charge in [-0.3, -0.25) is 14.6 Å². The molecule has 110 valence electrons. The first-order valence-electron chi connectivity index (χ1n) is 7.70. The van der Waals surface area contributed by atoms with Crippen LogP contribution in [-0.2, 0) is 4.79 Å². The molecule has 0 aromatic carbocycles. The minimum atomic E-state index is -0.594. The Bertz CT molecular complexity index is 311. The van der Waals surface area contributed by atoms with Crippen LogP contribution in [0.25, 0.3) is 0 Å². The average Bonchev–Trinajstić information content (AvgIpc) is 2.38. The Kier molecular flexibility index (Phi) is 4.85. The van der Waals surface area contributed by atoms with Crippen molar-refractivity contribution in [1.82, 2.24) is 9.80 Å². The molecule has 2 rings (SSSR count). The van der Waals surface area contributed by atoms with Gasteiger partial charge in [-0.05, 0) is 39.0 Å². The Morgan fingerprint density at radius 1 is 1.16 bits per heavy atom. The zero-order valence-electron chi connectivity index (χ0n) is 12.5. The van der Waals surface area contributed by atoms with Gasteiger partial charge in [-0.2, -0.15) is 0 Å². The summed E-state index contributed by atoms with van der Waals surface area (Å²) < 4.78 is 0. The average molecular weight is 268 g/mol. The summed E-state index contributed by atoms with van der Waals surface area (Å²) in [6.07, 6.45) is 2.98. The van der Waals surface area contributed by atoms with Gasteiger partial charge >= 0.3 is 5.97 Å². The van der Waals surface area contributed by atoms with Crippen LogP contribution >= 0.6 is 0 Å². The topological polar surface area (TPSA) is 43.8 Å². The lowest BCUT2D eigenvalue weighted by Crippen LogP contribution is -2.56. The number of aliphatic carboxylic acids is 1. The Labute approximate surface area is 116 Å². The van der Waals surface area contributed by atoms with Gasteiger partial charge in [-0.25, -0.2) is 0 Å². The molecule has 3 atom stereocenters. The fourth-order valence-electron chi connectivity index (χ4n) is 3.63. The summed E-state index contributed by atoms with van der Waals surface area (Å²) in [5.74, 6) is -0.0753.